The first-order valence-corrected chi connectivity index (χ1v) is 12.5. The molecule has 1 fully saturated rings. The summed E-state index contributed by atoms with van der Waals surface area (Å²) in [7, 11) is 0. The van der Waals surface area contributed by atoms with Crippen molar-refractivity contribution in [1.29, 1.82) is 0 Å². The molecule has 188 valence electrons. The number of fused-ring (bicyclic) bond motifs is 1. The molecule has 0 spiro atoms. The molecule has 0 unspecified atom stereocenters. The van der Waals surface area contributed by atoms with E-state index in [9.17, 15) is 19.7 Å². The number of halogens is 2. The van der Waals surface area contributed by atoms with Gasteiger partial charge in [0.1, 0.15) is 6.54 Å². The van der Waals surface area contributed by atoms with Crippen LogP contribution in [0.4, 0.5) is 5.69 Å². The third-order valence-electron chi connectivity index (χ3n) is 6.66. The molecule has 0 radical (unpaired) electrons. The number of pyridine rings is 1. The standard InChI is InChI=1S/C27H22Cl2N4O4/c28-20-8-4-17(5-9-20)14-19-2-1-3-23-26(19)30-32(27(23)18-6-10-21(29)11-7-18)25(35)16-31-15-22(33(36)37)12-13-24(31)34/h4-15,23,27H,1-3,16H2/b19-14-/t23-,27-/m1/s1. The summed E-state index contributed by atoms with van der Waals surface area (Å²) in [6.45, 7) is -0.371. The van der Waals surface area contributed by atoms with Crippen LogP contribution >= 0.6 is 23.2 Å². The number of rotatable bonds is 5. The molecule has 0 N–H and O–H groups in total. The predicted octanol–water partition coefficient (Wildman–Crippen LogP) is 5.89. The summed E-state index contributed by atoms with van der Waals surface area (Å²) in [5, 5.41) is 18.6. The van der Waals surface area contributed by atoms with E-state index in [2.05, 4.69) is 6.08 Å². The van der Waals surface area contributed by atoms with E-state index in [4.69, 9.17) is 28.3 Å². The van der Waals surface area contributed by atoms with E-state index in [1.165, 1.54) is 5.01 Å². The maximum atomic E-state index is 13.6. The lowest BCUT2D eigenvalue weighted by molar-refractivity contribution is -0.385. The lowest BCUT2D eigenvalue weighted by Crippen LogP contribution is -2.35. The minimum Gasteiger partial charge on any atom is -0.299 e. The minimum absolute atomic E-state index is 0.0424. The molecule has 2 atom stereocenters. The summed E-state index contributed by atoms with van der Waals surface area (Å²) in [6.07, 6.45) is 5.74. The largest absolute Gasteiger partial charge is 0.299 e. The van der Waals surface area contributed by atoms with Crippen LogP contribution in [0.2, 0.25) is 10.0 Å². The van der Waals surface area contributed by atoms with Gasteiger partial charge in [-0.2, -0.15) is 5.10 Å². The molecule has 2 heterocycles. The Morgan fingerprint density at radius 1 is 1.05 bits per heavy atom. The predicted molar refractivity (Wildman–Crippen MR) is 143 cm³/mol. The summed E-state index contributed by atoms with van der Waals surface area (Å²) < 4.78 is 1.05. The van der Waals surface area contributed by atoms with Crippen molar-refractivity contribution < 1.29 is 9.72 Å². The van der Waals surface area contributed by atoms with Crippen LogP contribution in [0.25, 0.3) is 6.08 Å². The van der Waals surface area contributed by atoms with Crippen molar-refractivity contribution in [3.63, 3.8) is 0 Å². The Bertz CT molecular complexity index is 1480. The fourth-order valence-corrected chi connectivity index (χ4v) is 5.18. The molecule has 1 saturated carbocycles. The molecule has 1 aliphatic heterocycles. The number of hydrogen-bond donors (Lipinski definition) is 0. The van der Waals surface area contributed by atoms with Crippen molar-refractivity contribution in [3.8, 4) is 0 Å². The Morgan fingerprint density at radius 2 is 1.73 bits per heavy atom. The van der Waals surface area contributed by atoms with E-state index >= 15 is 0 Å². The first-order chi connectivity index (χ1) is 17.8. The van der Waals surface area contributed by atoms with Crippen LogP contribution in [-0.4, -0.2) is 26.1 Å². The highest BCUT2D eigenvalue weighted by Crippen LogP contribution is 2.44. The second-order valence-electron chi connectivity index (χ2n) is 9.05. The van der Waals surface area contributed by atoms with E-state index in [0.29, 0.717) is 10.0 Å². The van der Waals surface area contributed by atoms with Gasteiger partial charge in [-0.3, -0.25) is 24.3 Å². The minimum atomic E-state index is -0.602. The molecule has 10 heteroatoms. The number of hydrogen-bond acceptors (Lipinski definition) is 5. The van der Waals surface area contributed by atoms with Crippen LogP contribution in [-0.2, 0) is 11.3 Å². The second-order valence-corrected chi connectivity index (χ2v) is 9.92. The first-order valence-electron chi connectivity index (χ1n) is 11.8. The van der Waals surface area contributed by atoms with E-state index in [1.807, 2.05) is 36.4 Å². The number of hydrazone groups is 1. The van der Waals surface area contributed by atoms with Gasteiger partial charge >= 0.3 is 0 Å². The van der Waals surface area contributed by atoms with E-state index in [-0.39, 0.29) is 24.2 Å². The van der Waals surface area contributed by atoms with Gasteiger partial charge in [0.15, 0.2) is 0 Å². The highest BCUT2D eigenvalue weighted by molar-refractivity contribution is 6.30. The van der Waals surface area contributed by atoms with Gasteiger partial charge in [-0.1, -0.05) is 47.5 Å². The molecule has 8 nitrogen and oxygen atoms in total. The Balaban J connectivity index is 1.53. The second kappa shape index (κ2) is 10.3. The number of carbonyl (C=O) groups is 1. The highest BCUT2D eigenvalue weighted by atomic mass is 35.5. The Kier molecular flexibility index (Phi) is 6.95. The van der Waals surface area contributed by atoms with Gasteiger partial charge in [0.25, 0.3) is 17.2 Å². The molecule has 37 heavy (non-hydrogen) atoms. The molecule has 5 rings (SSSR count). The normalized spacial score (nSPS) is 20.0. The number of allylic oxidation sites excluding steroid dienone is 1. The van der Waals surface area contributed by atoms with Crippen molar-refractivity contribution in [3.05, 3.63) is 114 Å². The van der Waals surface area contributed by atoms with Crippen LogP contribution in [0.1, 0.15) is 36.4 Å². The van der Waals surface area contributed by atoms with Gasteiger partial charge in [-0.05, 0) is 66.3 Å². The van der Waals surface area contributed by atoms with E-state index < -0.39 is 16.4 Å². The van der Waals surface area contributed by atoms with Crippen LogP contribution in [0.15, 0.2) is 82.3 Å². The van der Waals surface area contributed by atoms with Crippen LogP contribution in [0, 0.1) is 16.0 Å². The lowest BCUT2D eigenvalue weighted by atomic mass is 9.77. The summed E-state index contributed by atoms with van der Waals surface area (Å²) in [5.74, 6) is -0.477. The number of amides is 1. The summed E-state index contributed by atoms with van der Waals surface area (Å²) in [6, 6.07) is 16.6. The highest BCUT2D eigenvalue weighted by Gasteiger charge is 2.43. The first kappa shape index (κ1) is 24.9. The SMILES string of the molecule is O=C(Cn1cc([N+](=O)[O-])ccc1=O)N1N=C2/C(=C\c3ccc(Cl)cc3)CCC[C@H]2[C@H]1c1ccc(Cl)cc1. The number of nitrogens with zero attached hydrogens (tertiary/aromatic N) is 4. The molecule has 1 amide bonds. The molecule has 3 aromatic rings. The van der Waals surface area contributed by atoms with Gasteiger partial charge in [0, 0.05) is 28.1 Å². The molecular weight excluding hydrogens is 515 g/mol. The van der Waals surface area contributed by atoms with Gasteiger partial charge in [0.2, 0.25) is 0 Å². The van der Waals surface area contributed by atoms with Gasteiger partial charge in [0.05, 0.1) is 22.9 Å². The van der Waals surface area contributed by atoms with Crippen molar-refractivity contribution in [1.82, 2.24) is 9.58 Å². The van der Waals surface area contributed by atoms with Crippen molar-refractivity contribution in [2.45, 2.75) is 31.8 Å². The molecule has 1 aliphatic carbocycles. The maximum absolute atomic E-state index is 13.6. The average Bonchev–Trinajstić information content (AvgIpc) is 3.28. The zero-order valence-corrected chi connectivity index (χ0v) is 21.1. The average molecular weight is 537 g/mol. The summed E-state index contributed by atoms with van der Waals surface area (Å²) in [5.41, 5.74) is 2.96. The molecule has 2 aromatic carbocycles. The maximum Gasteiger partial charge on any atom is 0.285 e. The van der Waals surface area contributed by atoms with E-state index in [0.717, 1.165) is 64.6 Å². The van der Waals surface area contributed by atoms with Crippen molar-refractivity contribution in [2.75, 3.05) is 0 Å². The molecular formula is C27H22Cl2N4O4. The summed E-state index contributed by atoms with van der Waals surface area (Å²) >= 11 is 12.2. The number of nitro groups is 1. The van der Waals surface area contributed by atoms with Gasteiger partial charge < -0.3 is 0 Å². The fraction of sp³-hybridized carbons (Fsp3) is 0.222. The quantitative estimate of drug-likeness (QED) is 0.300. The third kappa shape index (κ3) is 5.21. The van der Waals surface area contributed by atoms with Crippen molar-refractivity contribution >= 4 is 46.6 Å². The molecule has 2 aliphatic rings. The topological polar surface area (TPSA) is 97.8 Å². The number of benzene rings is 2. The molecule has 0 saturated heterocycles. The van der Waals surface area contributed by atoms with Crippen LogP contribution < -0.4 is 5.56 Å². The van der Waals surface area contributed by atoms with Crippen LogP contribution in [0.5, 0.6) is 0 Å². The van der Waals surface area contributed by atoms with Crippen LogP contribution in [0.3, 0.4) is 0 Å². The Hall–Kier alpha value is -3.75. The Labute approximate surface area is 222 Å². The number of aromatic nitrogens is 1. The third-order valence-corrected chi connectivity index (χ3v) is 7.17. The van der Waals surface area contributed by atoms with Crippen molar-refractivity contribution in [2.24, 2.45) is 11.0 Å². The smallest absolute Gasteiger partial charge is 0.285 e. The zero-order valence-electron chi connectivity index (χ0n) is 19.6. The van der Waals surface area contributed by atoms with Gasteiger partial charge in [-0.25, -0.2) is 5.01 Å². The molecule has 1 aromatic heterocycles. The summed E-state index contributed by atoms with van der Waals surface area (Å²) in [4.78, 5) is 36.5. The van der Waals surface area contributed by atoms with E-state index in [1.54, 1.807) is 12.1 Å². The lowest BCUT2D eigenvalue weighted by Gasteiger charge is -2.29. The monoisotopic (exact) mass is 536 g/mol. The van der Waals surface area contributed by atoms with Gasteiger partial charge in [-0.15, -0.1) is 0 Å². The fourth-order valence-electron chi connectivity index (χ4n) is 4.93. The molecule has 0 bridgehead atoms. The Morgan fingerprint density at radius 3 is 2.41 bits per heavy atom. The zero-order chi connectivity index (χ0) is 26.1. The number of carbonyl (C=O) groups excluding carboxylic acids is 1.